The van der Waals surface area contributed by atoms with Crippen molar-refractivity contribution in [3.05, 3.63) is 48.3 Å². The summed E-state index contributed by atoms with van der Waals surface area (Å²) in [7, 11) is 0. The summed E-state index contributed by atoms with van der Waals surface area (Å²) in [5, 5.41) is 0. The van der Waals surface area contributed by atoms with E-state index in [1.165, 1.54) is 0 Å². The Bertz CT molecular complexity index is 728. The van der Waals surface area contributed by atoms with Crippen LogP contribution in [0.15, 0.2) is 42.6 Å². The number of ketones is 1. The van der Waals surface area contributed by atoms with Crippen LogP contribution in [0.4, 0.5) is 0 Å². The van der Waals surface area contributed by atoms with Gasteiger partial charge in [0.15, 0.2) is 0 Å². The number of para-hydroxylation sites is 2. The van der Waals surface area contributed by atoms with E-state index < -0.39 is 0 Å². The minimum Gasteiger partial charge on any atom is -0.313 e. The summed E-state index contributed by atoms with van der Waals surface area (Å²) in [6, 6.07) is 12.1. The van der Waals surface area contributed by atoms with Gasteiger partial charge in [0.05, 0.1) is 22.2 Å². The summed E-state index contributed by atoms with van der Waals surface area (Å²) in [5.41, 5.74) is 4.16. The Morgan fingerprint density at radius 3 is 2.78 bits per heavy atom. The van der Waals surface area contributed by atoms with Gasteiger partial charge < -0.3 is 9.20 Å². The summed E-state index contributed by atoms with van der Waals surface area (Å²) in [5.74, 6) is 0.203. The lowest BCUT2D eigenvalue weighted by Gasteiger charge is -2.07. The predicted octanol–water partition coefficient (Wildman–Crippen LogP) is 3.01. The number of aryl methyl sites for hydroxylation is 1. The average Bonchev–Trinajstić information content (AvgIpc) is 2.85. The van der Waals surface area contributed by atoms with E-state index in [1.54, 1.807) is 6.92 Å². The van der Waals surface area contributed by atoms with Crippen LogP contribution in [-0.2, 0) is 11.2 Å². The van der Waals surface area contributed by atoms with Gasteiger partial charge in [0.25, 0.3) is 0 Å². The van der Waals surface area contributed by atoms with Crippen molar-refractivity contribution in [3.63, 3.8) is 0 Å². The lowest BCUT2D eigenvalue weighted by molar-refractivity contribution is -0.116. The highest BCUT2D eigenvalue weighted by Crippen LogP contribution is 2.19. The van der Waals surface area contributed by atoms with E-state index >= 15 is 0 Å². The fourth-order valence-electron chi connectivity index (χ4n) is 2.27. The Balaban J connectivity index is 2.22. The number of carbonyl (C=O) groups excluding carboxylic acids is 1. The van der Waals surface area contributed by atoms with E-state index in [2.05, 4.69) is 21.5 Å². The van der Waals surface area contributed by atoms with Gasteiger partial charge in [-0.2, -0.15) is 0 Å². The van der Waals surface area contributed by atoms with Crippen molar-refractivity contribution in [2.75, 3.05) is 0 Å². The van der Waals surface area contributed by atoms with Crippen molar-refractivity contribution >= 4 is 22.3 Å². The molecule has 0 aliphatic carbocycles. The first-order chi connectivity index (χ1) is 8.75. The van der Waals surface area contributed by atoms with Crippen molar-refractivity contribution in [2.45, 2.75) is 19.8 Å². The van der Waals surface area contributed by atoms with E-state index in [4.69, 9.17) is 0 Å². The molecule has 90 valence electrons. The Hall–Kier alpha value is -2.16. The summed E-state index contributed by atoms with van der Waals surface area (Å²) < 4.78 is 2.14. The van der Waals surface area contributed by atoms with Crippen LogP contribution in [0.25, 0.3) is 16.6 Å². The number of fused-ring (bicyclic) bond motifs is 3. The number of nitrogens with zero attached hydrogens (tertiary/aromatic N) is 2. The SMILES string of the molecule is CC(=O)CCc1nc2ccccc2n2cccc12. The standard InChI is InChI=1S/C15H14N2O/c1-11(18)8-9-13-15-7-4-10-17(15)14-6-3-2-5-12(14)16-13/h2-7,10H,8-9H2,1H3. The second kappa shape index (κ2) is 4.26. The molecule has 0 amide bonds. The highest BCUT2D eigenvalue weighted by Gasteiger charge is 2.08. The van der Waals surface area contributed by atoms with Gasteiger partial charge in [-0.3, -0.25) is 0 Å². The topological polar surface area (TPSA) is 34.4 Å². The molecule has 3 nitrogen and oxygen atoms in total. The molecule has 0 bridgehead atoms. The lowest BCUT2D eigenvalue weighted by atomic mass is 10.1. The maximum absolute atomic E-state index is 11.1. The number of benzene rings is 1. The number of rotatable bonds is 3. The molecular weight excluding hydrogens is 224 g/mol. The number of carbonyl (C=O) groups is 1. The third-order valence-corrected chi connectivity index (χ3v) is 3.15. The number of aromatic nitrogens is 2. The molecule has 18 heavy (non-hydrogen) atoms. The van der Waals surface area contributed by atoms with Crippen molar-refractivity contribution < 1.29 is 4.79 Å². The molecule has 3 aromatic rings. The summed E-state index contributed by atoms with van der Waals surface area (Å²) in [6.45, 7) is 1.62. The van der Waals surface area contributed by atoms with Crippen LogP contribution in [-0.4, -0.2) is 15.2 Å². The molecule has 0 aliphatic heterocycles. The molecule has 0 spiro atoms. The second-order valence-corrected chi connectivity index (χ2v) is 4.51. The molecule has 0 saturated heterocycles. The third-order valence-electron chi connectivity index (χ3n) is 3.15. The molecule has 3 heteroatoms. The van der Waals surface area contributed by atoms with E-state index in [-0.39, 0.29) is 5.78 Å². The third kappa shape index (κ3) is 1.78. The zero-order chi connectivity index (χ0) is 12.5. The van der Waals surface area contributed by atoms with Crippen LogP contribution >= 0.6 is 0 Å². The van der Waals surface area contributed by atoms with Crippen LogP contribution in [0.3, 0.4) is 0 Å². The Morgan fingerprint density at radius 2 is 1.94 bits per heavy atom. The molecule has 0 aliphatic rings. The minimum atomic E-state index is 0.203. The molecule has 0 fully saturated rings. The van der Waals surface area contributed by atoms with Crippen LogP contribution in [0.1, 0.15) is 19.0 Å². The quantitative estimate of drug-likeness (QED) is 0.703. The first-order valence-electron chi connectivity index (χ1n) is 6.10. The zero-order valence-corrected chi connectivity index (χ0v) is 10.3. The average molecular weight is 238 g/mol. The summed E-state index contributed by atoms with van der Waals surface area (Å²) >= 11 is 0. The Labute approximate surface area is 105 Å². The Morgan fingerprint density at radius 1 is 1.17 bits per heavy atom. The number of hydrogen-bond acceptors (Lipinski definition) is 2. The molecular formula is C15H14N2O. The highest BCUT2D eigenvalue weighted by molar-refractivity contribution is 5.80. The monoisotopic (exact) mass is 238 g/mol. The minimum absolute atomic E-state index is 0.203. The maximum Gasteiger partial charge on any atom is 0.130 e. The molecule has 1 aromatic carbocycles. The van der Waals surface area contributed by atoms with E-state index in [1.807, 2.05) is 30.5 Å². The maximum atomic E-state index is 11.1. The molecule has 2 heterocycles. The lowest BCUT2D eigenvalue weighted by Crippen LogP contribution is -2.01. The smallest absolute Gasteiger partial charge is 0.130 e. The van der Waals surface area contributed by atoms with Gasteiger partial charge in [0, 0.05) is 12.6 Å². The molecule has 0 radical (unpaired) electrons. The van der Waals surface area contributed by atoms with Gasteiger partial charge in [-0.1, -0.05) is 12.1 Å². The van der Waals surface area contributed by atoms with Crippen molar-refractivity contribution in [2.24, 2.45) is 0 Å². The van der Waals surface area contributed by atoms with Gasteiger partial charge in [-0.15, -0.1) is 0 Å². The van der Waals surface area contributed by atoms with Crippen LogP contribution in [0.2, 0.25) is 0 Å². The van der Waals surface area contributed by atoms with Gasteiger partial charge in [-0.05, 0) is 37.6 Å². The van der Waals surface area contributed by atoms with E-state index in [0.717, 1.165) is 22.2 Å². The van der Waals surface area contributed by atoms with E-state index in [0.29, 0.717) is 12.8 Å². The van der Waals surface area contributed by atoms with Gasteiger partial charge in [0.1, 0.15) is 5.78 Å². The first kappa shape index (κ1) is 11.0. The first-order valence-corrected chi connectivity index (χ1v) is 6.10. The molecule has 0 atom stereocenters. The van der Waals surface area contributed by atoms with Crippen molar-refractivity contribution in [3.8, 4) is 0 Å². The van der Waals surface area contributed by atoms with Gasteiger partial charge >= 0.3 is 0 Å². The van der Waals surface area contributed by atoms with Gasteiger partial charge in [-0.25, -0.2) is 4.98 Å². The number of hydrogen-bond donors (Lipinski definition) is 0. The highest BCUT2D eigenvalue weighted by atomic mass is 16.1. The summed E-state index contributed by atoms with van der Waals surface area (Å²) in [6.07, 6.45) is 3.29. The molecule has 0 N–H and O–H groups in total. The molecule has 3 rings (SSSR count). The Kier molecular flexibility index (Phi) is 2.59. The number of Topliss-reactive ketones (excluding diaryl/α,β-unsaturated/α-hetero) is 1. The van der Waals surface area contributed by atoms with E-state index in [9.17, 15) is 4.79 Å². The normalized spacial score (nSPS) is 11.2. The summed E-state index contributed by atoms with van der Waals surface area (Å²) in [4.78, 5) is 15.8. The predicted molar refractivity (Wildman–Crippen MR) is 71.7 cm³/mol. The van der Waals surface area contributed by atoms with Gasteiger partial charge in [0.2, 0.25) is 0 Å². The largest absolute Gasteiger partial charge is 0.313 e. The fourth-order valence-corrected chi connectivity index (χ4v) is 2.27. The second-order valence-electron chi connectivity index (χ2n) is 4.51. The zero-order valence-electron chi connectivity index (χ0n) is 10.3. The van der Waals surface area contributed by atoms with Crippen LogP contribution in [0, 0.1) is 0 Å². The van der Waals surface area contributed by atoms with Crippen LogP contribution < -0.4 is 0 Å². The molecule has 0 saturated carbocycles. The van der Waals surface area contributed by atoms with Crippen molar-refractivity contribution in [1.29, 1.82) is 0 Å². The molecule has 2 aromatic heterocycles. The fraction of sp³-hybridized carbons (Fsp3) is 0.200. The van der Waals surface area contributed by atoms with Crippen LogP contribution in [0.5, 0.6) is 0 Å². The molecule has 0 unspecified atom stereocenters. The van der Waals surface area contributed by atoms with Crippen molar-refractivity contribution in [1.82, 2.24) is 9.38 Å².